The predicted molar refractivity (Wildman–Crippen MR) is 92.8 cm³/mol. The molecule has 24 heavy (non-hydrogen) atoms. The molecule has 10 nitrogen and oxygen atoms in total. The minimum absolute atomic E-state index is 0.643. The monoisotopic (exact) mass is 416 g/mol. The van der Waals surface area contributed by atoms with Crippen LogP contribution in [0.4, 0.5) is 0 Å². The molecule has 0 fully saturated rings. The number of carbonyl (C=O) groups is 2. The molecule has 0 aromatic carbocycles. The largest absolute Gasteiger partial charge is 0.316 e. The highest BCUT2D eigenvalue weighted by molar-refractivity contribution is 9.02. The van der Waals surface area contributed by atoms with Gasteiger partial charge in [0.2, 0.25) is 0 Å². The number of aliphatic imine (C=N–C) groups is 2. The quantitative estimate of drug-likeness (QED) is 0.495. The van der Waals surface area contributed by atoms with E-state index >= 15 is 0 Å². The van der Waals surface area contributed by atoms with Crippen LogP contribution >= 0.6 is 18.1 Å². The van der Waals surface area contributed by atoms with Crippen LogP contribution in [0.15, 0.2) is 33.2 Å². The summed E-state index contributed by atoms with van der Waals surface area (Å²) >= 11 is 0. The third-order valence-corrected chi connectivity index (χ3v) is 14.7. The zero-order chi connectivity index (χ0) is 18.2. The Balaban J connectivity index is 2.22. The Morgan fingerprint density at radius 2 is 1.12 bits per heavy atom. The summed E-state index contributed by atoms with van der Waals surface area (Å²) in [4.78, 5) is 31.5. The lowest BCUT2D eigenvalue weighted by Crippen LogP contribution is -2.23. The van der Waals surface area contributed by atoms with Gasteiger partial charge in [-0.05, 0) is 10.8 Å². The van der Waals surface area contributed by atoms with Gasteiger partial charge in [-0.25, -0.2) is 0 Å². The Hall–Kier alpha value is -1.32. The Morgan fingerprint density at radius 1 is 0.792 bits per heavy atom. The van der Waals surface area contributed by atoms with Gasteiger partial charge in [-0.3, -0.25) is 28.7 Å². The fourth-order valence-corrected chi connectivity index (χ4v) is 9.34. The van der Waals surface area contributed by atoms with E-state index in [-0.39, 0.29) is 0 Å². The third kappa shape index (κ3) is 3.00. The summed E-state index contributed by atoms with van der Waals surface area (Å²) in [6.07, 6.45) is 0.798. The Kier molecular flexibility index (Phi) is 4.91. The molecule has 0 saturated heterocycles. The highest BCUT2D eigenvalue weighted by atomic mass is 33.2. The maximum atomic E-state index is 12.2. The van der Waals surface area contributed by atoms with Crippen molar-refractivity contribution < 1.29 is 35.5 Å². The second kappa shape index (κ2) is 6.20. The van der Waals surface area contributed by atoms with Crippen molar-refractivity contribution in [2.24, 2.45) is 9.98 Å². The van der Waals surface area contributed by atoms with Crippen LogP contribution in [0.1, 0.15) is 12.8 Å². The van der Waals surface area contributed by atoms with E-state index in [1.165, 1.54) is 0 Å². The molecule has 0 aromatic heterocycles. The fourth-order valence-electron chi connectivity index (χ4n) is 1.85. The number of hydrogen-bond donors (Lipinski definition) is 2. The van der Waals surface area contributed by atoms with Gasteiger partial charge in [-0.15, -0.1) is 0 Å². The van der Waals surface area contributed by atoms with Crippen LogP contribution in [0.3, 0.4) is 0 Å². The second-order valence-electron chi connectivity index (χ2n) is 4.47. The summed E-state index contributed by atoms with van der Waals surface area (Å²) in [6, 6.07) is 0. The maximum absolute atomic E-state index is 12.2. The highest BCUT2D eigenvalue weighted by Gasteiger charge is 2.45. The number of hydrogen-bond acceptors (Lipinski definition) is 8. The van der Waals surface area contributed by atoms with Gasteiger partial charge in [0, 0.05) is 43.4 Å². The molecule has 2 aliphatic heterocycles. The van der Waals surface area contributed by atoms with Crippen LogP contribution in [0.5, 0.6) is 0 Å². The van der Waals surface area contributed by atoms with Crippen molar-refractivity contribution in [1.82, 2.24) is 0 Å². The molecule has 2 atom stereocenters. The molecule has 2 N–H and O–H groups in total. The van der Waals surface area contributed by atoms with Crippen LogP contribution in [0, 0.1) is 0 Å². The number of nitrogens with zero attached hydrogens (tertiary/aromatic N) is 2. The van der Waals surface area contributed by atoms with E-state index < -0.39 is 59.5 Å². The zero-order valence-electron chi connectivity index (χ0n) is 11.7. The van der Waals surface area contributed by atoms with Crippen LogP contribution in [0.25, 0.3) is 0 Å². The number of rotatable bonds is 5. The van der Waals surface area contributed by atoms with E-state index in [1.54, 1.807) is 0 Å². The molecule has 2 rings (SSSR count). The standard InChI is InChI=1S/C10H12N2O8S4/c13-9(21(23(15,16)17)5-3-11-7-21)1-2-10(14)22(24(18,19)20)6-4-12-8-22/h3-8H,1-2H2,(H,15,16,17)(H,18,19,20). The van der Waals surface area contributed by atoms with Crippen molar-refractivity contribution in [3.8, 4) is 0 Å². The van der Waals surface area contributed by atoms with Gasteiger partial charge in [0.1, 0.15) is 0 Å². The molecule has 14 heteroatoms. The second-order valence-corrected chi connectivity index (χ2v) is 16.5. The summed E-state index contributed by atoms with van der Waals surface area (Å²) in [5, 5.41) is -0.0612. The van der Waals surface area contributed by atoms with E-state index in [4.69, 9.17) is 0 Å². The molecule has 0 aliphatic carbocycles. The Morgan fingerprint density at radius 3 is 1.33 bits per heavy atom. The van der Waals surface area contributed by atoms with Crippen LogP contribution in [-0.4, -0.2) is 47.3 Å². The average Bonchev–Trinajstić information content (AvgIpc) is 3.12. The summed E-state index contributed by atoms with van der Waals surface area (Å²) < 4.78 is 64.6. The average molecular weight is 416 g/mol. The Bertz CT molecular complexity index is 813. The van der Waals surface area contributed by atoms with Gasteiger partial charge in [-0.1, -0.05) is 0 Å². The van der Waals surface area contributed by atoms with Crippen molar-refractivity contribution in [1.29, 1.82) is 0 Å². The molecule has 0 spiro atoms. The van der Waals surface area contributed by atoms with Crippen molar-refractivity contribution in [2.45, 2.75) is 12.8 Å². The molecule has 0 aromatic rings. The van der Waals surface area contributed by atoms with E-state index in [9.17, 15) is 35.5 Å². The van der Waals surface area contributed by atoms with Gasteiger partial charge in [0.15, 0.2) is 10.2 Å². The lowest BCUT2D eigenvalue weighted by Gasteiger charge is -2.26. The summed E-state index contributed by atoms with van der Waals surface area (Å²) in [5.41, 5.74) is 1.61. The van der Waals surface area contributed by atoms with Crippen molar-refractivity contribution >= 4 is 57.7 Å². The van der Waals surface area contributed by atoms with Gasteiger partial charge in [0.05, 0.1) is 11.1 Å². The van der Waals surface area contributed by atoms with Crippen molar-refractivity contribution in [2.75, 3.05) is 0 Å². The molecule has 2 heterocycles. The molecule has 0 saturated carbocycles. The maximum Gasteiger partial charge on any atom is 0.316 e. The lowest BCUT2D eigenvalue weighted by molar-refractivity contribution is -0.115. The molecule has 134 valence electrons. The minimum Gasteiger partial charge on any atom is -0.287 e. The van der Waals surface area contributed by atoms with Gasteiger partial charge in [-0.2, -0.15) is 16.8 Å². The molecule has 2 aliphatic rings. The molecule has 2 unspecified atom stereocenters. The predicted octanol–water partition coefficient (Wildman–Crippen LogP) is 1.06. The van der Waals surface area contributed by atoms with Gasteiger partial charge in [0.25, 0.3) is 0 Å². The number of carbonyl (C=O) groups excluding carboxylic acids is 2. The molecule has 0 bridgehead atoms. The third-order valence-electron chi connectivity index (χ3n) is 3.08. The van der Waals surface area contributed by atoms with Crippen molar-refractivity contribution in [3.63, 3.8) is 0 Å². The first-order valence-electron chi connectivity index (χ1n) is 6.03. The molecular formula is C10H12N2O8S4. The first-order chi connectivity index (χ1) is 11.0. The summed E-state index contributed by atoms with van der Waals surface area (Å²) in [7, 11) is -16.4. The molecular weight excluding hydrogens is 404 g/mol. The molecule has 0 radical (unpaired) electrons. The summed E-state index contributed by atoms with van der Waals surface area (Å²) in [6.45, 7) is 0. The van der Waals surface area contributed by atoms with Crippen LogP contribution < -0.4 is 0 Å². The van der Waals surface area contributed by atoms with Gasteiger partial charge >= 0.3 is 18.3 Å². The zero-order valence-corrected chi connectivity index (χ0v) is 15.0. The highest BCUT2D eigenvalue weighted by Crippen LogP contribution is 2.59. The topological polar surface area (TPSA) is 168 Å². The first kappa shape index (κ1) is 19.0. The smallest absolute Gasteiger partial charge is 0.287 e. The normalized spacial score (nSPS) is 33.9. The SMILES string of the molecule is O=C(CCC(=O)S1(S(=O)(=O)O)C=CN=C1)S1(S(=O)(=O)O)C=CN=C1. The minimum atomic E-state index is -4.79. The van der Waals surface area contributed by atoms with Gasteiger partial charge < -0.3 is 0 Å². The van der Waals surface area contributed by atoms with Crippen LogP contribution in [0.2, 0.25) is 0 Å². The van der Waals surface area contributed by atoms with E-state index in [0.717, 1.165) is 34.3 Å². The molecule has 0 amide bonds. The van der Waals surface area contributed by atoms with E-state index in [2.05, 4.69) is 9.98 Å². The van der Waals surface area contributed by atoms with E-state index in [0.29, 0.717) is 0 Å². The lowest BCUT2D eigenvalue weighted by atomic mass is 10.4. The first-order valence-corrected chi connectivity index (χ1v) is 13.5. The fraction of sp³-hybridized carbons (Fsp3) is 0.200. The summed E-state index contributed by atoms with van der Waals surface area (Å²) in [5.74, 6) is 0. The van der Waals surface area contributed by atoms with Crippen LogP contribution in [-0.2, 0) is 27.9 Å². The van der Waals surface area contributed by atoms with E-state index in [1.807, 2.05) is 0 Å². The Labute approximate surface area is 139 Å². The van der Waals surface area contributed by atoms with Crippen molar-refractivity contribution in [3.05, 3.63) is 23.2 Å².